The molecule has 0 aliphatic carbocycles. The molecule has 0 saturated heterocycles. The van der Waals surface area contributed by atoms with E-state index in [4.69, 9.17) is 9.47 Å². The summed E-state index contributed by atoms with van der Waals surface area (Å²) in [5, 5.41) is 0. The van der Waals surface area contributed by atoms with Gasteiger partial charge >= 0.3 is 5.97 Å². The van der Waals surface area contributed by atoms with Crippen LogP contribution in [0.25, 0.3) is 0 Å². The maximum atomic E-state index is 12.9. The van der Waals surface area contributed by atoms with Crippen LogP contribution in [0.4, 0.5) is 0 Å². The van der Waals surface area contributed by atoms with Gasteiger partial charge < -0.3 is 9.47 Å². The van der Waals surface area contributed by atoms with Crippen molar-refractivity contribution in [1.29, 1.82) is 0 Å². The molecule has 1 aromatic carbocycles. The van der Waals surface area contributed by atoms with Gasteiger partial charge in [-0.25, -0.2) is 4.21 Å². The van der Waals surface area contributed by atoms with Crippen molar-refractivity contribution >= 4 is 22.9 Å². The summed E-state index contributed by atoms with van der Waals surface area (Å²) < 4.78 is 26.1. The number of benzene rings is 1. The van der Waals surface area contributed by atoms with Gasteiger partial charge in [0.05, 0.1) is 11.5 Å². The first-order chi connectivity index (χ1) is 12.4. The molecule has 0 saturated carbocycles. The molecule has 1 heterocycles. The Morgan fingerprint density at radius 3 is 2.52 bits per heavy atom. The summed E-state index contributed by atoms with van der Waals surface area (Å²) in [7, 11) is -1.77. The van der Waals surface area contributed by atoms with E-state index < -0.39 is 33.9 Å². The Hall–Kier alpha value is -1.89. The van der Waals surface area contributed by atoms with Crippen LogP contribution in [0, 0.1) is 11.3 Å². The van der Waals surface area contributed by atoms with E-state index in [1.807, 2.05) is 13.8 Å². The number of hydrogen-bond donors (Lipinski definition) is 1. The molecule has 0 fully saturated rings. The first-order valence-electron chi connectivity index (χ1n) is 9.14. The minimum absolute atomic E-state index is 0.0823. The van der Waals surface area contributed by atoms with Crippen LogP contribution < -0.4 is 9.46 Å². The zero-order valence-corrected chi connectivity index (χ0v) is 17.7. The third kappa shape index (κ3) is 5.31. The van der Waals surface area contributed by atoms with E-state index in [0.717, 1.165) is 17.7 Å². The van der Waals surface area contributed by atoms with Crippen LogP contribution in [0.3, 0.4) is 0 Å². The molecule has 1 aromatic rings. The normalized spacial score (nSPS) is 16.9. The lowest BCUT2D eigenvalue weighted by Gasteiger charge is -2.31. The van der Waals surface area contributed by atoms with Crippen LogP contribution in [0.15, 0.2) is 23.1 Å². The van der Waals surface area contributed by atoms with Crippen LogP contribution >= 0.6 is 0 Å². The second-order valence-corrected chi connectivity index (χ2v) is 9.71. The Morgan fingerprint density at radius 2 is 1.93 bits per heavy atom. The molecule has 150 valence electrons. The monoisotopic (exact) mass is 395 g/mol. The summed E-state index contributed by atoms with van der Waals surface area (Å²) in [5.41, 5.74) is -1.17. The van der Waals surface area contributed by atoms with Crippen LogP contribution in [-0.2, 0) is 31.7 Å². The highest BCUT2D eigenvalue weighted by molar-refractivity contribution is 7.83. The first kappa shape index (κ1) is 21.4. The SMILES string of the molecule is CC(C)CC(C)(C(=O)NS(=O)c1ccc2c(c1)CCO2)C(=O)OC(C)(C)C. The maximum absolute atomic E-state index is 12.9. The fourth-order valence-corrected chi connectivity index (χ4v) is 3.96. The molecule has 0 bridgehead atoms. The molecule has 0 spiro atoms. The number of esters is 1. The van der Waals surface area contributed by atoms with Crippen molar-refractivity contribution in [3.63, 3.8) is 0 Å². The Balaban J connectivity index is 2.19. The van der Waals surface area contributed by atoms with Crippen molar-refractivity contribution in [2.45, 2.75) is 64.9 Å². The van der Waals surface area contributed by atoms with Gasteiger partial charge in [0.25, 0.3) is 0 Å². The van der Waals surface area contributed by atoms with Crippen LogP contribution in [0.5, 0.6) is 5.75 Å². The number of hydrogen-bond acceptors (Lipinski definition) is 5. The van der Waals surface area contributed by atoms with E-state index in [2.05, 4.69) is 4.72 Å². The summed E-state index contributed by atoms with van der Waals surface area (Å²) in [4.78, 5) is 26.1. The first-order valence-corrected chi connectivity index (χ1v) is 10.3. The summed E-state index contributed by atoms with van der Waals surface area (Å²) in [6.45, 7) is 11.3. The highest BCUT2D eigenvalue weighted by Crippen LogP contribution is 2.31. The lowest BCUT2D eigenvalue weighted by molar-refractivity contribution is -0.170. The number of rotatable bonds is 6. The van der Waals surface area contributed by atoms with Crippen LogP contribution in [0.1, 0.15) is 53.5 Å². The minimum atomic E-state index is -1.77. The number of nitrogens with one attached hydrogen (secondary N) is 1. The van der Waals surface area contributed by atoms with Gasteiger partial charge in [0.15, 0.2) is 11.0 Å². The van der Waals surface area contributed by atoms with Crippen LogP contribution in [-0.4, -0.2) is 28.3 Å². The number of carbonyl (C=O) groups excluding carboxylic acids is 2. The molecule has 2 unspecified atom stereocenters. The summed E-state index contributed by atoms with van der Waals surface area (Å²) in [6.07, 6.45) is 1.04. The Labute approximate surface area is 163 Å². The third-order valence-corrected chi connectivity index (χ3v) is 5.28. The van der Waals surface area contributed by atoms with Gasteiger partial charge in [-0.3, -0.25) is 14.3 Å². The van der Waals surface area contributed by atoms with Crippen molar-refractivity contribution in [3.05, 3.63) is 23.8 Å². The Bertz CT molecular complexity index is 753. The predicted molar refractivity (Wildman–Crippen MR) is 104 cm³/mol. The quantitative estimate of drug-likeness (QED) is 0.591. The molecule has 0 radical (unpaired) electrons. The highest BCUT2D eigenvalue weighted by atomic mass is 32.2. The zero-order chi connectivity index (χ0) is 20.4. The second-order valence-electron chi connectivity index (χ2n) is 8.50. The molecule has 1 N–H and O–H groups in total. The summed E-state index contributed by atoms with van der Waals surface area (Å²) >= 11 is 0. The van der Waals surface area contributed by atoms with Gasteiger partial charge in [-0.05, 0) is 63.8 Å². The fourth-order valence-electron chi connectivity index (χ4n) is 3.01. The number of ether oxygens (including phenoxy) is 2. The van der Waals surface area contributed by atoms with E-state index >= 15 is 0 Å². The standard InChI is InChI=1S/C20H29NO5S/c1-13(2)12-20(6,18(23)26-19(3,4)5)17(22)21-27(24)15-7-8-16-14(11-15)9-10-25-16/h7-8,11,13H,9-10,12H2,1-6H3,(H,21,22). The van der Waals surface area contributed by atoms with E-state index in [-0.39, 0.29) is 5.92 Å². The molecule has 7 heteroatoms. The molecule has 1 aliphatic heterocycles. The second kappa shape index (κ2) is 8.00. The van der Waals surface area contributed by atoms with Crippen molar-refractivity contribution in [1.82, 2.24) is 4.72 Å². The lowest BCUT2D eigenvalue weighted by Crippen LogP contribution is -2.48. The topological polar surface area (TPSA) is 81.7 Å². The van der Waals surface area contributed by atoms with Gasteiger partial charge in [0, 0.05) is 6.42 Å². The molecule has 6 nitrogen and oxygen atoms in total. The molecule has 2 rings (SSSR count). The molecule has 1 amide bonds. The predicted octanol–water partition coefficient (Wildman–Crippen LogP) is 3.15. The number of carbonyl (C=O) groups is 2. The Kier molecular flexibility index (Phi) is 6.35. The number of fused-ring (bicyclic) bond motifs is 1. The molecule has 27 heavy (non-hydrogen) atoms. The van der Waals surface area contributed by atoms with Crippen molar-refractivity contribution < 1.29 is 23.3 Å². The minimum Gasteiger partial charge on any atom is -0.493 e. The van der Waals surface area contributed by atoms with Gasteiger partial charge in [-0.1, -0.05) is 13.8 Å². The van der Waals surface area contributed by atoms with Crippen molar-refractivity contribution in [2.24, 2.45) is 11.3 Å². The zero-order valence-electron chi connectivity index (χ0n) is 16.9. The fraction of sp³-hybridized carbons (Fsp3) is 0.600. The van der Waals surface area contributed by atoms with Gasteiger partial charge in [0.1, 0.15) is 16.8 Å². The van der Waals surface area contributed by atoms with E-state index in [0.29, 0.717) is 17.9 Å². The number of amides is 1. The van der Waals surface area contributed by atoms with Crippen LogP contribution in [0.2, 0.25) is 0 Å². The van der Waals surface area contributed by atoms with E-state index in [9.17, 15) is 13.8 Å². The average molecular weight is 396 g/mol. The third-order valence-electron chi connectivity index (χ3n) is 4.23. The van der Waals surface area contributed by atoms with E-state index in [1.54, 1.807) is 45.9 Å². The average Bonchev–Trinajstić information content (AvgIpc) is 2.99. The van der Waals surface area contributed by atoms with Crippen molar-refractivity contribution in [2.75, 3.05) is 6.61 Å². The van der Waals surface area contributed by atoms with E-state index in [1.165, 1.54) is 0 Å². The maximum Gasteiger partial charge on any atom is 0.321 e. The smallest absolute Gasteiger partial charge is 0.321 e. The lowest BCUT2D eigenvalue weighted by atomic mass is 9.81. The summed E-state index contributed by atoms with van der Waals surface area (Å²) in [5.74, 6) is -0.347. The van der Waals surface area contributed by atoms with Gasteiger partial charge in [-0.15, -0.1) is 0 Å². The summed E-state index contributed by atoms with van der Waals surface area (Å²) in [6, 6.07) is 5.18. The molecular formula is C20H29NO5S. The largest absolute Gasteiger partial charge is 0.493 e. The molecular weight excluding hydrogens is 366 g/mol. The highest BCUT2D eigenvalue weighted by Gasteiger charge is 2.45. The van der Waals surface area contributed by atoms with Gasteiger partial charge in [0.2, 0.25) is 5.91 Å². The molecule has 2 atom stereocenters. The molecule has 0 aromatic heterocycles. The van der Waals surface area contributed by atoms with Gasteiger partial charge in [-0.2, -0.15) is 0 Å². The Morgan fingerprint density at radius 1 is 1.26 bits per heavy atom. The molecule has 1 aliphatic rings. The van der Waals surface area contributed by atoms with Crippen molar-refractivity contribution in [3.8, 4) is 5.75 Å².